The van der Waals surface area contributed by atoms with E-state index >= 15 is 0 Å². The van der Waals surface area contributed by atoms with Gasteiger partial charge in [-0.3, -0.25) is 9.59 Å². The van der Waals surface area contributed by atoms with E-state index < -0.39 is 44.8 Å². The lowest BCUT2D eigenvalue weighted by Gasteiger charge is -2.31. The summed E-state index contributed by atoms with van der Waals surface area (Å²) in [6.45, 7) is 5.23. The first-order chi connectivity index (χ1) is 10.8. The number of hydrogen-bond donors (Lipinski definition) is 1. The van der Waals surface area contributed by atoms with Crippen LogP contribution in [0.5, 0.6) is 0 Å². The van der Waals surface area contributed by atoms with E-state index in [2.05, 4.69) is 0 Å². The van der Waals surface area contributed by atoms with Gasteiger partial charge >= 0.3 is 21.5 Å². The molecule has 0 aromatic rings. The largest absolute Gasteiger partial charge is 0.516 e. The smallest absolute Gasteiger partial charge is 0.462 e. The van der Waals surface area contributed by atoms with E-state index in [-0.39, 0.29) is 12.8 Å². The first kappa shape index (κ1) is 20.7. The summed E-state index contributed by atoms with van der Waals surface area (Å²) in [5.74, 6) is -2.61. The normalized spacial score (nSPS) is 22.8. The summed E-state index contributed by atoms with van der Waals surface area (Å²) >= 11 is 0. The second kappa shape index (κ2) is 7.28. The minimum absolute atomic E-state index is 0.00471. The van der Waals surface area contributed by atoms with Crippen LogP contribution >= 0.6 is 0 Å². The Kier molecular flexibility index (Phi) is 6.29. The fraction of sp³-hybridized carbons (Fsp3) is 0.857. The number of esters is 1. The first-order valence-electron chi connectivity index (χ1n) is 7.64. The van der Waals surface area contributed by atoms with Gasteiger partial charge in [0.05, 0.1) is 5.41 Å². The van der Waals surface area contributed by atoms with Gasteiger partial charge in [0.2, 0.25) is 5.91 Å². The lowest BCUT2D eigenvalue weighted by atomic mass is 9.86. The van der Waals surface area contributed by atoms with Crippen LogP contribution < -0.4 is 4.72 Å². The van der Waals surface area contributed by atoms with Crippen molar-refractivity contribution in [2.75, 3.05) is 0 Å². The van der Waals surface area contributed by atoms with Crippen molar-refractivity contribution in [3.05, 3.63) is 0 Å². The van der Waals surface area contributed by atoms with Gasteiger partial charge < -0.3 is 4.74 Å². The number of carbonyl (C=O) groups excluding carboxylic acids is 2. The summed E-state index contributed by atoms with van der Waals surface area (Å²) in [6.07, 6.45) is 1.12. The highest BCUT2D eigenvalue weighted by Gasteiger charge is 2.48. The molecule has 1 saturated carbocycles. The molecule has 10 heteroatoms. The molecule has 140 valence electrons. The van der Waals surface area contributed by atoms with Crippen LogP contribution in [-0.2, 0) is 24.3 Å². The number of amides is 1. The van der Waals surface area contributed by atoms with E-state index in [1.54, 1.807) is 13.8 Å². The molecule has 2 atom stereocenters. The van der Waals surface area contributed by atoms with Crippen LogP contribution in [0.3, 0.4) is 0 Å². The Morgan fingerprint density at radius 3 is 2.29 bits per heavy atom. The van der Waals surface area contributed by atoms with Crippen LogP contribution in [0.1, 0.15) is 52.9 Å². The predicted molar refractivity (Wildman–Crippen MR) is 79.0 cm³/mol. The third-order valence-corrected chi connectivity index (χ3v) is 5.33. The van der Waals surface area contributed by atoms with Gasteiger partial charge in [-0.2, -0.15) is 21.6 Å². The minimum Gasteiger partial charge on any atom is -0.462 e. The van der Waals surface area contributed by atoms with Crippen LogP contribution in [0.15, 0.2) is 0 Å². The molecule has 0 aromatic heterocycles. The quantitative estimate of drug-likeness (QED) is 0.748. The number of halogens is 3. The molecule has 0 aromatic carbocycles. The molecule has 2 unspecified atom stereocenters. The van der Waals surface area contributed by atoms with Crippen molar-refractivity contribution in [1.82, 2.24) is 4.72 Å². The minimum atomic E-state index is -5.72. The number of hydrogen-bond acceptors (Lipinski definition) is 5. The molecule has 1 amide bonds. The molecule has 0 spiro atoms. The Hall–Kier alpha value is -1.32. The van der Waals surface area contributed by atoms with E-state index in [1.807, 2.05) is 6.92 Å². The number of sulfonamides is 1. The van der Waals surface area contributed by atoms with E-state index in [0.717, 1.165) is 4.72 Å². The van der Waals surface area contributed by atoms with Gasteiger partial charge in [0.25, 0.3) is 0 Å². The highest BCUT2D eigenvalue weighted by atomic mass is 32.2. The molecular weight excluding hydrogens is 351 g/mol. The molecule has 1 aliphatic carbocycles. The van der Waals surface area contributed by atoms with Gasteiger partial charge in [-0.25, -0.2) is 4.72 Å². The van der Waals surface area contributed by atoms with Gasteiger partial charge in [0, 0.05) is 5.92 Å². The third kappa shape index (κ3) is 5.09. The third-order valence-electron chi connectivity index (χ3n) is 4.25. The molecule has 24 heavy (non-hydrogen) atoms. The summed E-state index contributed by atoms with van der Waals surface area (Å²) in [5, 5.41) is 0. The molecular formula is C14H22F3NO5S. The Morgan fingerprint density at radius 2 is 1.79 bits per heavy atom. The number of ether oxygens (including phenoxy) is 1. The molecule has 1 N–H and O–H groups in total. The highest BCUT2D eigenvalue weighted by Crippen LogP contribution is 2.30. The monoisotopic (exact) mass is 373 g/mol. The maximum atomic E-state index is 12.3. The summed E-state index contributed by atoms with van der Waals surface area (Å²) in [6, 6.07) is 0. The number of alkyl halides is 3. The maximum Gasteiger partial charge on any atom is 0.516 e. The second-order valence-corrected chi connectivity index (χ2v) is 8.22. The zero-order valence-electron chi connectivity index (χ0n) is 13.8. The standard InChI is InChI=1S/C14H22F3NO5S/c1-4-13(2,3)12(20)23-10-7-5-6-9(8-10)11(19)18-24(21,22)14(15,16)17/h9-10H,4-8H2,1-3H3,(H,18,19). The predicted octanol–water partition coefficient (Wildman–Crippen LogP) is 2.49. The average Bonchev–Trinajstić information content (AvgIpc) is 2.45. The molecule has 0 radical (unpaired) electrons. The van der Waals surface area contributed by atoms with Crippen molar-refractivity contribution in [2.45, 2.75) is 64.5 Å². The zero-order chi connectivity index (χ0) is 18.8. The summed E-state index contributed by atoms with van der Waals surface area (Å²) in [7, 11) is -5.72. The lowest BCUT2D eigenvalue weighted by molar-refractivity contribution is -0.162. The zero-order valence-corrected chi connectivity index (χ0v) is 14.6. The SMILES string of the molecule is CCC(C)(C)C(=O)OC1CCCC(C(=O)NS(=O)(=O)C(F)(F)F)C1. The van der Waals surface area contributed by atoms with Crippen molar-refractivity contribution in [3.63, 3.8) is 0 Å². The Balaban J connectivity index is 2.69. The van der Waals surface area contributed by atoms with Crippen LogP contribution in [-0.4, -0.2) is 31.9 Å². The molecule has 1 aliphatic rings. The van der Waals surface area contributed by atoms with E-state index in [0.29, 0.717) is 19.3 Å². The summed E-state index contributed by atoms with van der Waals surface area (Å²) < 4.78 is 65.3. The molecule has 0 aliphatic heterocycles. The number of rotatable bonds is 5. The van der Waals surface area contributed by atoms with Gasteiger partial charge in [-0.1, -0.05) is 6.92 Å². The van der Waals surface area contributed by atoms with Crippen molar-refractivity contribution in [1.29, 1.82) is 0 Å². The lowest BCUT2D eigenvalue weighted by Crippen LogP contribution is -2.44. The Labute approximate surface area is 139 Å². The number of nitrogens with one attached hydrogen (secondary N) is 1. The average molecular weight is 373 g/mol. The molecule has 6 nitrogen and oxygen atoms in total. The number of carbonyl (C=O) groups is 2. The Morgan fingerprint density at radius 1 is 1.21 bits per heavy atom. The van der Waals surface area contributed by atoms with Crippen LogP contribution in [0, 0.1) is 11.3 Å². The molecule has 1 fully saturated rings. The van der Waals surface area contributed by atoms with Crippen LogP contribution in [0.25, 0.3) is 0 Å². The van der Waals surface area contributed by atoms with Gasteiger partial charge in [0.15, 0.2) is 0 Å². The van der Waals surface area contributed by atoms with Crippen LogP contribution in [0.2, 0.25) is 0 Å². The molecule has 0 saturated heterocycles. The Bertz CT molecular complexity index is 586. The van der Waals surface area contributed by atoms with E-state index in [9.17, 15) is 31.2 Å². The fourth-order valence-corrected chi connectivity index (χ4v) is 2.77. The van der Waals surface area contributed by atoms with Crippen molar-refractivity contribution in [2.24, 2.45) is 11.3 Å². The van der Waals surface area contributed by atoms with Crippen molar-refractivity contribution >= 4 is 21.9 Å². The van der Waals surface area contributed by atoms with Crippen molar-refractivity contribution < 1.29 is 35.9 Å². The summed E-state index contributed by atoms with van der Waals surface area (Å²) in [5.41, 5.74) is -6.25. The van der Waals surface area contributed by atoms with Crippen molar-refractivity contribution in [3.8, 4) is 0 Å². The first-order valence-corrected chi connectivity index (χ1v) is 9.12. The topological polar surface area (TPSA) is 89.5 Å². The van der Waals surface area contributed by atoms with Gasteiger partial charge in [0.1, 0.15) is 6.10 Å². The summed E-state index contributed by atoms with van der Waals surface area (Å²) in [4.78, 5) is 23.8. The van der Waals surface area contributed by atoms with Gasteiger partial charge in [-0.05, 0) is 46.0 Å². The van der Waals surface area contributed by atoms with E-state index in [1.165, 1.54) is 0 Å². The fourth-order valence-electron chi connectivity index (χ4n) is 2.22. The van der Waals surface area contributed by atoms with Crippen LogP contribution in [0.4, 0.5) is 13.2 Å². The highest BCUT2D eigenvalue weighted by molar-refractivity contribution is 7.90. The molecule has 1 rings (SSSR count). The maximum absolute atomic E-state index is 12.3. The molecule has 0 bridgehead atoms. The second-order valence-electron chi connectivity index (χ2n) is 6.54. The van der Waals surface area contributed by atoms with E-state index in [4.69, 9.17) is 4.74 Å². The van der Waals surface area contributed by atoms with Gasteiger partial charge in [-0.15, -0.1) is 0 Å². The molecule has 0 heterocycles.